The van der Waals surface area contributed by atoms with Gasteiger partial charge in [0.25, 0.3) is 17.6 Å². The third-order valence-electron chi connectivity index (χ3n) is 5.83. The van der Waals surface area contributed by atoms with Crippen molar-refractivity contribution in [3.05, 3.63) is 74.4 Å². The number of rotatable bonds is 7. The van der Waals surface area contributed by atoms with Gasteiger partial charge in [0.15, 0.2) is 5.82 Å². The maximum absolute atomic E-state index is 13.7. The van der Waals surface area contributed by atoms with Crippen LogP contribution in [0.5, 0.6) is 0 Å². The second kappa shape index (κ2) is 12.7. The zero-order chi connectivity index (χ0) is 33.3. The van der Waals surface area contributed by atoms with Gasteiger partial charge in [0.2, 0.25) is 0 Å². The van der Waals surface area contributed by atoms with Crippen LogP contribution < -0.4 is 10.7 Å². The topological polar surface area (TPSA) is 162 Å². The fourth-order valence-electron chi connectivity index (χ4n) is 3.73. The van der Waals surface area contributed by atoms with Crippen LogP contribution in [-0.4, -0.2) is 78.2 Å². The molecule has 0 radical (unpaired) electrons. The highest BCUT2D eigenvalue weighted by molar-refractivity contribution is 9.10. The minimum atomic E-state index is -5.96. The number of halogens is 7. The molecule has 21 heteroatoms. The molecule has 0 atom stereocenters. The third kappa shape index (κ3) is 7.00. The number of alkyl halides is 5. The number of hydrogen-bond donors (Lipinski definition) is 2. The molecule has 45 heavy (non-hydrogen) atoms. The van der Waals surface area contributed by atoms with Crippen LogP contribution in [0.15, 0.2) is 41.0 Å². The van der Waals surface area contributed by atoms with Gasteiger partial charge < -0.3 is 10.1 Å². The first-order valence-corrected chi connectivity index (χ1v) is 13.4. The summed E-state index contributed by atoms with van der Waals surface area (Å²) in [6, 6.07) is 7.07. The summed E-state index contributed by atoms with van der Waals surface area (Å²) in [5.74, 6) is -8.96. The van der Waals surface area contributed by atoms with E-state index in [0.717, 1.165) is 22.9 Å². The molecule has 0 aliphatic rings. The summed E-state index contributed by atoms with van der Waals surface area (Å²) in [5.41, 5.74) is 2.34. The Hall–Kier alpha value is -4.72. The highest BCUT2D eigenvalue weighted by atomic mass is 79.9. The van der Waals surface area contributed by atoms with Crippen LogP contribution in [0.2, 0.25) is 5.02 Å². The molecule has 3 heterocycles. The standard InChI is InChI=1S/C24H19BrClF5N10O4/c1-11-7-12(25)8-14(19(42)36-39(2)22(44)45-3)17(11)33-20(43)16-9-13(35-41(16)18-15(26)5-4-6-32-18)10-40-37-21(34-38-40)23(27,28)24(29,30)31/h4-9H,10H2,1-3H3,(H,33,43)(H,36,42). The Labute approximate surface area is 262 Å². The number of benzene rings is 1. The summed E-state index contributed by atoms with van der Waals surface area (Å²) in [5, 5.41) is 16.8. The maximum Gasteiger partial charge on any atom is 0.461 e. The minimum absolute atomic E-state index is 0.0253. The number of nitrogens with zero attached hydrogens (tertiary/aromatic N) is 8. The zero-order valence-electron chi connectivity index (χ0n) is 23.0. The molecular weight excluding hydrogens is 703 g/mol. The Balaban J connectivity index is 1.72. The molecule has 1 aromatic carbocycles. The van der Waals surface area contributed by atoms with E-state index in [1.807, 2.05) is 0 Å². The average molecular weight is 722 g/mol. The van der Waals surface area contributed by atoms with Gasteiger partial charge >= 0.3 is 18.2 Å². The molecule has 4 rings (SSSR count). The fraction of sp³-hybridized carbons (Fsp3) is 0.250. The predicted molar refractivity (Wildman–Crippen MR) is 148 cm³/mol. The minimum Gasteiger partial charge on any atom is -0.452 e. The van der Waals surface area contributed by atoms with Crippen molar-refractivity contribution in [2.24, 2.45) is 0 Å². The van der Waals surface area contributed by atoms with Gasteiger partial charge in [0.05, 0.1) is 29.1 Å². The SMILES string of the molecule is COC(=O)N(C)NC(=O)c1cc(Br)cc(C)c1NC(=O)c1cc(Cn2nnc(C(F)(F)C(F)(F)F)n2)nn1-c1ncccc1Cl. The lowest BCUT2D eigenvalue weighted by molar-refractivity contribution is -0.292. The van der Waals surface area contributed by atoms with Crippen LogP contribution in [-0.2, 0) is 17.2 Å². The number of amides is 3. The summed E-state index contributed by atoms with van der Waals surface area (Å²) in [6.45, 7) is 0.994. The van der Waals surface area contributed by atoms with Gasteiger partial charge in [-0.25, -0.2) is 19.5 Å². The molecule has 0 aliphatic carbocycles. The first-order chi connectivity index (χ1) is 21.0. The van der Waals surface area contributed by atoms with Crippen LogP contribution in [0, 0.1) is 6.92 Å². The van der Waals surface area contributed by atoms with E-state index in [1.165, 1.54) is 31.4 Å². The number of hydrazine groups is 1. The van der Waals surface area contributed by atoms with Gasteiger partial charge in [0, 0.05) is 17.7 Å². The quantitative estimate of drug-likeness (QED) is 0.210. The molecule has 14 nitrogen and oxygen atoms in total. The molecule has 0 spiro atoms. The number of ether oxygens (including phenoxy) is 1. The van der Waals surface area contributed by atoms with E-state index in [2.05, 4.69) is 56.9 Å². The van der Waals surface area contributed by atoms with Gasteiger partial charge in [-0.1, -0.05) is 27.5 Å². The third-order valence-corrected chi connectivity index (χ3v) is 6.58. The molecule has 0 aliphatic heterocycles. The first-order valence-electron chi connectivity index (χ1n) is 12.2. The van der Waals surface area contributed by atoms with Crippen molar-refractivity contribution in [1.29, 1.82) is 0 Å². The van der Waals surface area contributed by atoms with E-state index in [-0.39, 0.29) is 33.5 Å². The average Bonchev–Trinajstić information content (AvgIpc) is 3.61. The second-order valence-electron chi connectivity index (χ2n) is 9.03. The number of methoxy groups -OCH3 is 1. The molecule has 0 bridgehead atoms. The first kappa shape index (κ1) is 33.2. The van der Waals surface area contributed by atoms with Gasteiger partial charge in [-0.2, -0.15) is 31.8 Å². The molecule has 0 unspecified atom stereocenters. The molecular formula is C24H19BrClF5N10O4. The molecule has 4 aromatic rings. The van der Waals surface area contributed by atoms with Gasteiger partial charge in [-0.05, 0) is 48.0 Å². The number of aromatic nitrogens is 7. The number of aryl methyl sites for hydroxylation is 1. The Morgan fingerprint density at radius 2 is 1.82 bits per heavy atom. The Bertz CT molecular complexity index is 1780. The van der Waals surface area contributed by atoms with Crippen LogP contribution in [0.3, 0.4) is 0 Å². The molecule has 0 saturated carbocycles. The van der Waals surface area contributed by atoms with E-state index in [0.29, 0.717) is 14.8 Å². The largest absolute Gasteiger partial charge is 0.461 e. The van der Waals surface area contributed by atoms with Gasteiger partial charge in [0.1, 0.15) is 12.2 Å². The predicted octanol–water partition coefficient (Wildman–Crippen LogP) is 4.28. The lowest BCUT2D eigenvalue weighted by Gasteiger charge is -2.19. The summed E-state index contributed by atoms with van der Waals surface area (Å²) in [6.07, 6.45) is -5.49. The molecule has 238 valence electrons. The second-order valence-corrected chi connectivity index (χ2v) is 10.3. The number of nitrogens with one attached hydrogen (secondary N) is 2. The van der Waals surface area contributed by atoms with Crippen LogP contribution in [0.4, 0.5) is 32.4 Å². The normalized spacial score (nSPS) is 11.7. The smallest absolute Gasteiger partial charge is 0.452 e. The van der Waals surface area contributed by atoms with Crippen molar-refractivity contribution in [3.63, 3.8) is 0 Å². The summed E-state index contributed by atoms with van der Waals surface area (Å²) >= 11 is 9.55. The fourth-order valence-corrected chi connectivity index (χ4v) is 4.51. The Morgan fingerprint density at radius 3 is 2.47 bits per heavy atom. The summed E-state index contributed by atoms with van der Waals surface area (Å²) in [7, 11) is 2.35. The highest BCUT2D eigenvalue weighted by Gasteiger charge is 2.62. The Morgan fingerprint density at radius 1 is 1.11 bits per heavy atom. The number of carbonyl (C=O) groups excluding carboxylic acids is 3. The molecule has 2 N–H and O–H groups in total. The summed E-state index contributed by atoms with van der Waals surface area (Å²) < 4.78 is 71.6. The van der Waals surface area contributed by atoms with E-state index < -0.39 is 42.4 Å². The van der Waals surface area contributed by atoms with Crippen molar-refractivity contribution < 1.29 is 41.1 Å². The van der Waals surface area contributed by atoms with Gasteiger partial charge in [-0.3, -0.25) is 15.0 Å². The lowest BCUT2D eigenvalue weighted by Crippen LogP contribution is -2.43. The van der Waals surface area contributed by atoms with Crippen molar-refractivity contribution in [2.45, 2.75) is 25.6 Å². The number of carbonyl (C=O) groups is 3. The van der Waals surface area contributed by atoms with Gasteiger partial charge in [-0.15, -0.1) is 10.2 Å². The molecule has 3 amide bonds. The monoisotopic (exact) mass is 720 g/mol. The summed E-state index contributed by atoms with van der Waals surface area (Å²) in [4.78, 5) is 43.1. The Kier molecular flexibility index (Phi) is 9.38. The molecule has 0 fully saturated rings. The van der Waals surface area contributed by atoms with Crippen molar-refractivity contribution >= 4 is 51.1 Å². The van der Waals surface area contributed by atoms with E-state index in [9.17, 15) is 36.3 Å². The maximum atomic E-state index is 13.7. The van der Waals surface area contributed by atoms with Crippen LogP contribution >= 0.6 is 27.5 Å². The van der Waals surface area contributed by atoms with E-state index in [4.69, 9.17) is 11.6 Å². The van der Waals surface area contributed by atoms with E-state index >= 15 is 0 Å². The number of hydrogen-bond acceptors (Lipinski definition) is 9. The van der Waals surface area contributed by atoms with Crippen molar-refractivity contribution in [1.82, 2.24) is 45.4 Å². The van der Waals surface area contributed by atoms with E-state index in [1.54, 1.807) is 13.0 Å². The van der Waals surface area contributed by atoms with Crippen LogP contribution in [0.25, 0.3) is 5.82 Å². The van der Waals surface area contributed by atoms with Crippen molar-refractivity contribution in [2.75, 3.05) is 19.5 Å². The highest BCUT2D eigenvalue weighted by Crippen LogP contribution is 2.41. The molecule has 3 aromatic heterocycles. The zero-order valence-corrected chi connectivity index (χ0v) is 25.4. The molecule has 0 saturated heterocycles. The lowest BCUT2D eigenvalue weighted by atomic mass is 10.1. The number of anilines is 1. The van der Waals surface area contributed by atoms with Crippen molar-refractivity contribution in [3.8, 4) is 5.82 Å². The number of pyridine rings is 1. The van der Waals surface area contributed by atoms with Crippen LogP contribution in [0.1, 0.15) is 37.9 Å². The number of tetrazole rings is 1.